The summed E-state index contributed by atoms with van der Waals surface area (Å²) in [6.45, 7) is 0.302. The zero-order valence-corrected chi connectivity index (χ0v) is 9.80. The number of nitrogens with zero attached hydrogens (tertiary/aromatic N) is 1. The van der Waals surface area contributed by atoms with Crippen molar-refractivity contribution in [3.63, 3.8) is 0 Å². The third kappa shape index (κ3) is 2.93. The number of anilines is 1. The van der Waals surface area contributed by atoms with E-state index < -0.39 is 23.7 Å². The van der Waals surface area contributed by atoms with Crippen molar-refractivity contribution in [1.82, 2.24) is 4.98 Å². The van der Waals surface area contributed by atoms with Gasteiger partial charge in [-0.15, -0.1) is 0 Å². The van der Waals surface area contributed by atoms with Crippen molar-refractivity contribution in [3.8, 4) is 0 Å². The molecule has 6 heteroatoms. The summed E-state index contributed by atoms with van der Waals surface area (Å²) in [7, 11) is 0. The summed E-state index contributed by atoms with van der Waals surface area (Å²) in [6.07, 6.45) is 3.12. The van der Waals surface area contributed by atoms with Gasteiger partial charge in [-0.1, -0.05) is 12.8 Å². The first kappa shape index (κ1) is 13.1. The van der Waals surface area contributed by atoms with E-state index in [4.69, 9.17) is 0 Å². The first-order valence-electron chi connectivity index (χ1n) is 6.01. The van der Waals surface area contributed by atoms with E-state index in [1.165, 1.54) is 0 Å². The fraction of sp³-hybridized carbons (Fsp3) is 0.583. The predicted octanol–water partition coefficient (Wildman–Crippen LogP) is 2.46. The lowest BCUT2D eigenvalue weighted by Crippen LogP contribution is -2.30. The van der Waals surface area contributed by atoms with Gasteiger partial charge < -0.3 is 10.4 Å². The topological polar surface area (TPSA) is 45.1 Å². The van der Waals surface area contributed by atoms with Gasteiger partial charge in [-0.25, -0.2) is 8.78 Å². The molecule has 0 spiro atoms. The Balaban J connectivity index is 1.99. The predicted molar refractivity (Wildman–Crippen MR) is 60.6 cm³/mol. The van der Waals surface area contributed by atoms with Gasteiger partial charge in [0.2, 0.25) is 0 Å². The molecule has 0 radical (unpaired) electrons. The van der Waals surface area contributed by atoms with Gasteiger partial charge in [-0.2, -0.15) is 9.37 Å². The van der Waals surface area contributed by atoms with E-state index in [2.05, 4.69) is 10.3 Å². The van der Waals surface area contributed by atoms with Gasteiger partial charge in [-0.3, -0.25) is 0 Å². The molecule has 1 fully saturated rings. The highest BCUT2D eigenvalue weighted by Crippen LogP contribution is 2.25. The molecular formula is C12H15F3N2O. The van der Waals surface area contributed by atoms with Crippen molar-refractivity contribution >= 4 is 5.82 Å². The van der Waals surface area contributed by atoms with Crippen LogP contribution >= 0.6 is 0 Å². The van der Waals surface area contributed by atoms with Crippen LogP contribution in [0.4, 0.5) is 19.0 Å². The molecule has 1 aromatic rings. The number of nitrogens with one attached hydrogen (secondary N) is 1. The fourth-order valence-corrected chi connectivity index (χ4v) is 2.22. The van der Waals surface area contributed by atoms with Crippen molar-refractivity contribution in [2.45, 2.75) is 31.8 Å². The van der Waals surface area contributed by atoms with Gasteiger partial charge >= 0.3 is 0 Å². The van der Waals surface area contributed by atoms with Crippen LogP contribution < -0.4 is 5.32 Å². The Morgan fingerprint density at radius 1 is 1.22 bits per heavy atom. The first-order valence-corrected chi connectivity index (χ1v) is 6.01. The summed E-state index contributed by atoms with van der Waals surface area (Å²) in [4.78, 5) is 3.17. The molecule has 1 aliphatic rings. The van der Waals surface area contributed by atoms with Gasteiger partial charge in [0.05, 0.1) is 6.10 Å². The Morgan fingerprint density at radius 2 is 1.94 bits per heavy atom. The number of hydrogen-bond acceptors (Lipinski definition) is 3. The van der Waals surface area contributed by atoms with Crippen molar-refractivity contribution in [2.75, 3.05) is 11.9 Å². The minimum absolute atomic E-state index is 0.00642. The van der Waals surface area contributed by atoms with Crippen LogP contribution in [0.3, 0.4) is 0 Å². The Hall–Kier alpha value is -1.30. The SMILES string of the molecule is OC1CCCCC1CNc1nc(F)c(F)cc1F. The van der Waals surface area contributed by atoms with E-state index in [0.717, 1.165) is 25.7 Å². The van der Waals surface area contributed by atoms with E-state index in [0.29, 0.717) is 12.6 Å². The molecule has 1 saturated carbocycles. The Morgan fingerprint density at radius 3 is 2.67 bits per heavy atom. The molecule has 2 unspecified atom stereocenters. The highest BCUT2D eigenvalue weighted by Gasteiger charge is 2.23. The van der Waals surface area contributed by atoms with Gasteiger partial charge in [0.1, 0.15) is 0 Å². The fourth-order valence-electron chi connectivity index (χ4n) is 2.22. The molecule has 2 rings (SSSR count). The molecule has 2 atom stereocenters. The average molecular weight is 260 g/mol. The number of rotatable bonds is 3. The maximum Gasteiger partial charge on any atom is 0.251 e. The summed E-state index contributed by atoms with van der Waals surface area (Å²) in [5.41, 5.74) is 0. The Bertz CT molecular complexity index is 428. The van der Waals surface area contributed by atoms with Crippen molar-refractivity contribution in [2.24, 2.45) is 5.92 Å². The van der Waals surface area contributed by atoms with Crippen molar-refractivity contribution in [3.05, 3.63) is 23.6 Å². The molecule has 1 heterocycles. The molecule has 1 aliphatic carbocycles. The number of aliphatic hydroxyl groups excluding tert-OH is 1. The standard InChI is InChI=1S/C12H15F3N2O/c13-8-5-9(14)12(17-11(8)15)16-6-7-3-1-2-4-10(7)18/h5,7,10,18H,1-4,6H2,(H,16,17). The lowest BCUT2D eigenvalue weighted by Gasteiger charge is -2.27. The van der Waals surface area contributed by atoms with Crippen LogP contribution in [-0.2, 0) is 0 Å². The first-order chi connectivity index (χ1) is 8.58. The van der Waals surface area contributed by atoms with Crippen molar-refractivity contribution < 1.29 is 18.3 Å². The molecule has 1 aromatic heterocycles. The largest absolute Gasteiger partial charge is 0.393 e. The highest BCUT2D eigenvalue weighted by molar-refractivity contribution is 5.36. The second-order valence-electron chi connectivity index (χ2n) is 4.58. The van der Waals surface area contributed by atoms with Crippen LogP contribution in [0.5, 0.6) is 0 Å². The minimum Gasteiger partial charge on any atom is -0.393 e. The monoisotopic (exact) mass is 260 g/mol. The number of hydrogen-bond donors (Lipinski definition) is 2. The Labute approximate surface area is 103 Å². The smallest absolute Gasteiger partial charge is 0.251 e. The van der Waals surface area contributed by atoms with Gasteiger partial charge in [0.15, 0.2) is 17.5 Å². The van der Waals surface area contributed by atoms with E-state index in [1.807, 2.05) is 0 Å². The van der Waals surface area contributed by atoms with E-state index in [1.54, 1.807) is 0 Å². The van der Waals surface area contributed by atoms with Gasteiger partial charge in [0, 0.05) is 18.5 Å². The average Bonchev–Trinajstić information content (AvgIpc) is 2.34. The second kappa shape index (κ2) is 5.56. The summed E-state index contributed by atoms with van der Waals surface area (Å²) in [5.74, 6) is -3.89. The summed E-state index contributed by atoms with van der Waals surface area (Å²) in [5, 5.41) is 12.4. The number of pyridine rings is 1. The maximum atomic E-state index is 13.3. The quantitative estimate of drug-likeness (QED) is 0.821. The van der Waals surface area contributed by atoms with E-state index >= 15 is 0 Å². The third-order valence-electron chi connectivity index (χ3n) is 3.29. The van der Waals surface area contributed by atoms with Gasteiger partial charge in [0.25, 0.3) is 5.95 Å². The minimum atomic E-state index is -1.33. The molecule has 0 bridgehead atoms. The molecule has 0 aliphatic heterocycles. The lowest BCUT2D eigenvalue weighted by molar-refractivity contribution is 0.0762. The van der Waals surface area contributed by atoms with E-state index in [9.17, 15) is 18.3 Å². The molecular weight excluding hydrogens is 245 g/mol. The van der Waals surface area contributed by atoms with Crippen LogP contribution in [0.1, 0.15) is 25.7 Å². The summed E-state index contributed by atoms with van der Waals surface area (Å²) < 4.78 is 38.8. The zero-order chi connectivity index (χ0) is 13.1. The third-order valence-corrected chi connectivity index (χ3v) is 3.29. The molecule has 2 N–H and O–H groups in total. The maximum absolute atomic E-state index is 13.3. The summed E-state index contributed by atoms with van der Waals surface area (Å²) in [6, 6.07) is 0.460. The number of aromatic nitrogens is 1. The van der Waals surface area contributed by atoms with Crippen LogP contribution in [0.15, 0.2) is 6.07 Å². The number of aliphatic hydroxyl groups is 1. The molecule has 0 aromatic carbocycles. The molecule has 0 saturated heterocycles. The molecule has 3 nitrogen and oxygen atoms in total. The van der Waals surface area contributed by atoms with Crippen LogP contribution in [0.25, 0.3) is 0 Å². The summed E-state index contributed by atoms with van der Waals surface area (Å²) >= 11 is 0. The van der Waals surface area contributed by atoms with E-state index in [-0.39, 0.29) is 11.7 Å². The van der Waals surface area contributed by atoms with Crippen LogP contribution in [0, 0.1) is 23.5 Å². The molecule has 18 heavy (non-hydrogen) atoms. The normalized spacial score (nSPS) is 24.0. The van der Waals surface area contributed by atoms with Crippen LogP contribution in [-0.4, -0.2) is 22.7 Å². The lowest BCUT2D eigenvalue weighted by atomic mass is 9.86. The molecule has 100 valence electrons. The van der Waals surface area contributed by atoms with Crippen LogP contribution in [0.2, 0.25) is 0 Å². The highest BCUT2D eigenvalue weighted by atomic mass is 19.2. The van der Waals surface area contributed by atoms with Gasteiger partial charge in [-0.05, 0) is 12.8 Å². The Kier molecular flexibility index (Phi) is 4.06. The zero-order valence-electron chi connectivity index (χ0n) is 9.80. The second-order valence-corrected chi connectivity index (χ2v) is 4.58. The number of halogens is 3. The molecule has 0 amide bonds. The van der Waals surface area contributed by atoms with Crippen molar-refractivity contribution in [1.29, 1.82) is 0 Å².